The van der Waals surface area contributed by atoms with E-state index in [9.17, 15) is 33.8 Å². The molecule has 0 N–H and O–H groups in total. The van der Waals surface area contributed by atoms with E-state index in [2.05, 4.69) is 4.74 Å². The van der Waals surface area contributed by atoms with Crippen LogP contribution in [-0.4, -0.2) is 29.5 Å². The highest BCUT2D eigenvalue weighted by Gasteiger charge is 2.23. The van der Waals surface area contributed by atoms with Crippen molar-refractivity contribution in [1.82, 2.24) is 0 Å². The van der Waals surface area contributed by atoms with Crippen molar-refractivity contribution in [2.45, 2.75) is 13.2 Å². The number of thiophene rings is 1. The van der Waals surface area contributed by atoms with Crippen LogP contribution in [0.5, 0.6) is 11.5 Å². The van der Waals surface area contributed by atoms with Gasteiger partial charge in [-0.1, -0.05) is 11.3 Å². The molecule has 13 heteroatoms. The lowest BCUT2D eigenvalue weighted by Gasteiger charge is -2.12. The Bertz CT molecular complexity index is 886. The minimum atomic E-state index is -3.23. The van der Waals surface area contributed by atoms with E-state index < -0.39 is 40.5 Å². The molecule has 10 nitrogen and oxygen atoms in total. The molecule has 0 amide bonds. The number of esters is 1. The molecule has 1 heterocycles. The van der Waals surface area contributed by atoms with E-state index >= 15 is 0 Å². The number of benzene rings is 1. The molecular weight excluding hydrogens is 394 g/mol. The number of halogens is 2. The Balaban J connectivity index is 2.24. The number of hydrogen-bond acceptors (Lipinski definition) is 9. The summed E-state index contributed by atoms with van der Waals surface area (Å²) < 4.78 is 38.7. The molecule has 27 heavy (non-hydrogen) atoms. The van der Waals surface area contributed by atoms with Crippen LogP contribution in [0.1, 0.15) is 15.2 Å². The first-order valence-corrected chi connectivity index (χ1v) is 7.76. The molecule has 1 aromatic heterocycles. The Morgan fingerprint density at radius 3 is 2.41 bits per heavy atom. The largest absolute Gasteiger partial charge is 0.493 e. The Labute approximate surface area is 153 Å². The van der Waals surface area contributed by atoms with Gasteiger partial charge >= 0.3 is 17.6 Å². The third kappa shape index (κ3) is 4.84. The van der Waals surface area contributed by atoms with E-state index in [1.807, 2.05) is 0 Å². The average molecular weight is 404 g/mol. The fourth-order valence-electron chi connectivity index (χ4n) is 1.97. The molecule has 0 atom stereocenters. The first-order valence-electron chi connectivity index (χ1n) is 6.94. The predicted octanol–water partition coefficient (Wildman–Crippen LogP) is 3.53. The molecule has 2 aromatic rings. The maximum Gasteiger partial charge on any atom is 0.387 e. The number of carbonyl (C=O) groups excluding carboxylic acids is 1. The van der Waals surface area contributed by atoms with Crippen LogP contribution in [0.2, 0.25) is 0 Å². The van der Waals surface area contributed by atoms with Crippen molar-refractivity contribution in [3.63, 3.8) is 0 Å². The van der Waals surface area contributed by atoms with E-state index in [1.165, 1.54) is 6.07 Å². The van der Waals surface area contributed by atoms with Gasteiger partial charge in [0.1, 0.15) is 11.5 Å². The number of methoxy groups -OCH3 is 1. The minimum absolute atomic E-state index is 0.0750. The topological polar surface area (TPSA) is 131 Å². The summed E-state index contributed by atoms with van der Waals surface area (Å²) in [6, 6.07) is 4.05. The average Bonchev–Trinajstić information content (AvgIpc) is 3.09. The molecule has 144 valence electrons. The predicted molar refractivity (Wildman–Crippen MR) is 86.4 cm³/mol. The Hall–Kier alpha value is -3.35. The van der Waals surface area contributed by atoms with Crippen molar-refractivity contribution in [1.29, 1.82) is 0 Å². The van der Waals surface area contributed by atoms with Gasteiger partial charge in [0, 0.05) is 6.07 Å². The Kier molecular flexibility index (Phi) is 6.18. The van der Waals surface area contributed by atoms with Gasteiger partial charge in [-0.25, -0.2) is 4.79 Å². The molecule has 0 spiro atoms. The van der Waals surface area contributed by atoms with Crippen molar-refractivity contribution < 1.29 is 37.6 Å². The first-order chi connectivity index (χ1) is 12.7. The summed E-state index contributed by atoms with van der Waals surface area (Å²) in [5.74, 6) is -1.71. The van der Waals surface area contributed by atoms with Crippen LogP contribution in [-0.2, 0) is 11.3 Å². The van der Waals surface area contributed by atoms with Crippen LogP contribution >= 0.6 is 11.3 Å². The molecule has 0 aliphatic heterocycles. The highest BCUT2D eigenvalue weighted by atomic mass is 32.1. The van der Waals surface area contributed by atoms with Crippen LogP contribution in [0, 0.1) is 20.2 Å². The van der Waals surface area contributed by atoms with Gasteiger partial charge < -0.3 is 14.2 Å². The van der Waals surface area contributed by atoms with Gasteiger partial charge in [0.05, 0.1) is 28.6 Å². The number of hydrogen-bond donors (Lipinski definition) is 0. The number of nitrogens with zero attached hydrogens (tertiary/aromatic N) is 2. The van der Waals surface area contributed by atoms with Crippen molar-refractivity contribution in [2.75, 3.05) is 7.11 Å². The molecule has 0 bridgehead atoms. The van der Waals surface area contributed by atoms with Gasteiger partial charge in [-0.2, -0.15) is 8.78 Å². The van der Waals surface area contributed by atoms with Gasteiger partial charge in [0.25, 0.3) is 5.69 Å². The zero-order valence-electron chi connectivity index (χ0n) is 13.4. The summed E-state index contributed by atoms with van der Waals surface area (Å²) >= 11 is 0.576. The highest BCUT2D eigenvalue weighted by Crippen LogP contribution is 2.36. The third-order valence-electron chi connectivity index (χ3n) is 3.11. The maximum absolute atomic E-state index is 12.4. The van der Waals surface area contributed by atoms with E-state index in [-0.39, 0.29) is 21.2 Å². The molecule has 0 radical (unpaired) electrons. The fraction of sp³-hybridized carbons (Fsp3) is 0.214. The number of rotatable bonds is 8. The van der Waals surface area contributed by atoms with E-state index in [0.717, 1.165) is 25.3 Å². The number of nitro benzene ring substituents is 1. The van der Waals surface area contributed by atoms with Gasteiger partial charge in [-0.05, 0) is 12.1 Å². The molecule has 0 aliphatic rings. The minimum Gasteiger partial charge on any atom is -0.493 e. The van der Waals surface area contributed by atoms with E-state index in [1.54, 1.807) is 0 Å². The summed E-state index contributed by atoms with van der Waals surface area (Å²) in [6.45, 7) is -3.82. The SMILES string of the molecule is COc1cc(COC(=O)c2ccc([N+](=O)[O-])s2)c([N+](=O)[O-])cc1OC(F)F. The van der Waals surface area contributed by atoms with Crippen LogP contribution in [0.25, 0.3) is 0 Å². The van der Waals surface area contributed by atoms with Crippen molar-refractivity contribution in [2.24, 2.45) is 0 Å². The van der Waals surface area contributed by atoms with Crippen LogP contribution < -0.4 is 9.47 Å². The lowest BCUT2D eigenvalue weighted by Crippen LogP contribution is -2.08. The van der Waals surface area contributed by atoms with Crippen molar-refractivity contribution in [3.8, 4) is 11.5 Å². The van der Waals surface area contributed by atoms with Gasteiger partial charge in [0.2, 0.25) is 0 Å². The molecule has 0 aliphatic carbocycles. The monoisotopic (exact) mass is 404 g/mol. The third-order valence-corrected chi connectivity index (χ3v) is 4.13. The van der Waals surface area contributed by atoms with Crippen LogP contribution in [0.15, 0.2) is 24.3 Å². The number of ether oxygens (including phenoxy) is 3. The number of nitro groups is 2. The smallest absolute Gasteiger partial charge is 0.387 e. The van der Waals surface area contributed by atoms with Gasteiger partial charge in [0.15, 0.2) is 11.5 Å². The second-order valence-electron chi connectivity index (χ2n) is 4.74. The summed E-state index contributed by atoms with van der Waals surface area (Å²) in [4.78, 5) is 32.1. The molecule has 0 fully saturated rings. The zero-order valence-corrected chi connectivity index (χ0v) is 14.2. The van der Waals surface area contributed by atoms with Gasteiger partial charge in [-0.15, -0.1) is 0 Å². The summed E-state index contributed by atoms with van der Waals surface area (Å²) in [5.41, 5.74) is -0.769. The Morgan fingerprint density at radius 2 is 1.89 bits per heavy atom. The lowest BCUT2D eigenvalue weighted by molar-refractivity contribution is -0.386. The summed E-state index contributed by atoms with van der Waals surface area (Å²) in [5, 5.41) is 21.5. The molecule has 2 rings (SSSR count). The highest BCUT2D eigenvalue weighted by molar-refractivity contribution is 7.17. The molecule has 1 aromatic carbocycles. The summed E-state index contributed by atoms with van der Waals surface area (Å²) in [7, 11) is 1.14. The number of carbonyl (C=O) groups is 1. The van der Waals surface area contributed by atoms with E-state index in [0.29, 0.717) is 11.3 Å². The van der Waals surface area contributed by atoms with Crippen molar-refractivity contribution in [3.05, 3.63) is 54.9 Å². The number of alkyl halides is 2. The quantitative estimate of drug-likeness (QED) is 0.371. The molecule has 0 unspecified atom stereocenters. The van der Waals surface area contributed by atoms with E-state index in [4.69, 9.17) is 9.47 Å². The van der Waals surface area contributed by atoms with Crippen molar-refractivity contribution >= 4 is 28.0 Å². The first kappa shape index (κ1) is 20.0. The fourth-order valence-corrected chi connectivity index (χ4v) is 2.69. The molecular formula is C14H10F2N2O8S. The second kappa shape index (κ2) is 8.35. The molecule has 0 saturated carbocycles. The second-order valence-corrected chi connectivity index (χ2v) is 5.80. The zero-order chi connectivity index (χ0) is 20.1. The summed E-state index contributed by atoms with van der Waals surface area (Å²) in [6.07, 6.45) is 0. The van der Waals surface area contributed by atoms with Crippen LogP contribution in [0.4, 0.5) is 19.5 Å². The molecule has 0 saturated heterocycles. The van der Waals surface area contributed by atoms with Crippen LogP contribution in [0.3, 0.4) is 0 Å². The standard InChI is InChI=1S/C14H10F2N2O8S/c1-24-9-4-7(8(17(20)21)5-10(9)26-14(15)16)6-25-13(19)11-2-3-12(27-11)18(22)23/h2-5,14H,6H2,1H3. The maximum atomic E-state index is 12.4. The normalized spacial score (nSPS) is 10.5. The lowest BCUT2D eigenvalue weighted by atomic mass is 10.1. The van der Waals surface area contributed by atoms with Gasteiger partial charge in [-0.3, -0.25) is 20.2 Å². The Morgan fingerprint density at radius 1 is 1.19 bits per heavy atom.